The van der Waals surface area contributed by atoms with Crippen molar-refractivity contribution >= 4 is 27.3 Å². The summed E-state index contributed by atoms with van der Waals surface area (Å²) in [5.74, 6) is -0.555. The highest BCUT2D eigenvalue weighted by Crippen LogP contribution is 2.22. The zero-order valence-electron chi connectivity index (χ0n) is 9.74. The third kappa shape index (κ3) is 2.56. The molecule has 18 heavy (non-hydrogen) atoms. The Hall–Kier alpha value is -0.960. The van der Waals surface area contributed by atoms with Gasteiger partial charge in [0.2, 0.25) is 0 Å². The van der Waals surface area contributed by atoms with E-state index < -0.39 is 22.1 Å². The van der Waals surface area contributed by atoms with Crippen LogP contribution in [0.15, 0.2) is 21.7 Å². The third-order valence-electron chi connectivity index (χ3n) is 2.58. The van der Waals surface area contributed by atoms with E-state index in [0.29, 0.717) is 0 Å². The maximum atomic E-state index is 12.2. The van der Waals surface area contributed by atoms with Gasteiger partial charge in [-0.3, -0.25) is 0 Å². The van der Waals surface area contributed by atoms with E-state index in [9.17, 15) is 13.2 Å². The van der Waals surface area contributed by atoms with Crippen molar-refractivity contribution in [3.63, 3.8) is 0 Å². The van der Waals surface area contributed by atoms with Gasteiger partial charge in [-0.25, -0.2) is 13.2 Å². The molecule has 1 aliphatic rings. The van der Waals surface area contributed by atoms with Crippen LogP contribution in [0, 0.1) is 0 Å². The first-order valence-electron chi connectivity index (χ1n) is 5.29. The second-order valence-corrected chi connectivity index (χ2v) is 6.79. The van der Waals surface area contributed by atoms with Crippen LogP contribution in [0.3, 0.4) is 0 Å². The van der Waals surface area contributed by atoms with Crippen molar-refractivity contribution in [1.82, 2.24) is 4.31 Å². The lowest BCUT2D eigenvalue weighted by atomic mass is 10.3. The molecule has 0 aromatic carbocycles. The molecule has 2 heterocycles. The zero-order valence-corrected chi connectivity index (χ0v) is 11.4. The molecule has 0 radical (unpaired) electrons. The first-order valence-corrected chi connectivity index (χ1v) is 7.61. The number of hydrogen-bond acceptors (Lipinski definition) is 6. The number of ether oxygens (including phenoxy) is 2. The number of carbonyl (C=O) groups is 1. The Bertz CT molecular complexity index is 510. The summed E-state index contributed by atoms with van der Waals surface area (Å²) in [6.45, 7) is 0.422. The van der Waals surface area contributed by atoms with E-state index >= 15 is 0 Å². The van der Waals surface area contributed by atoms with Gasteiger partial charge in [0.05, 0.1) is 20.3 Å². The van der Waals surface area contributed by atoms with Crippen LogP contribution in [-0.4, -0.2) is 51.6 Å². The molecule has 0 aliphatic carbocycles. The van der Waals surface area contributed by atoms with Crippen molar-refractivity contribution < 1.29 is 22.7 Å². The van der Waals surface area contributed by atoms with Crippen LogP contribution >= 0.6 is 11.3 Å². The van der Waals surface area contributed by atoms with Crippen molar-refractivity contribution in [2.24, 2.45) is 0 Å². The minimum Gasteiger partial charge on any atom is -0.467 e. The van der Waals surface area contributed by atoms with Crippen LogP contribution in [-0.2, 0) is 24.3 Å². The predicted molar refractivity (Wildman–Crippen MR) is 64.8 cm³/mol. The first kappa shape index (κ1) is 13.5. The summed E-state index contributed by atoms with van der Waals surface area (Å²) < 4.78 is 35.7. The molecule has 6 nitrogen and oxygen atoms in total. The summed E-state index contributed by atoms with van der Waals surface area (Å²) in [5, 5.41) is 1.70. The van der Waals surface area contributed by atoms with Gasteiger partial charge in [-0.05, 0) is 11.4 Å². The van der Waals surface area contributed by atoms with Crippen LogP contribution in [0.25, 0.3) is 0 Å². The topological polar surface area (TPSA) is 72.9 Å². The van der Waals surface area contributed by atoms with Crippen molar-refractivity contribution in [2.75, 3.05) is 26.8 Å². The number of morpholine rings is 1. The van der Waals surface area contributed by atoms with Crippen molar-refractivity contribution in [1.29, 1.82) is 0 Å². The van der Waals surface area contributed by atoms with E-state index in [4.69, 9.17) is 4.74 Å². The smallest absolute Gasteiger partial charge is 0.336 e. The molecule has 100 valence electrons. The first-order chi connectivity index (χ1) is 8.55. The quantitative estimate of drug-likeness (QED) is 0.749. The SMILES string of the molecule is COC(=O)C1CN(S(=O)(=O)c2cccs2)CCO1. The molecule has 0 N–H and O–H groups in total. The Kier molecular flexibility index (Phi) is 4.00. The van der Waals surface area contributed by atoms with E-state index in [1.807, 2.05) is 0 Å². The van der Waals surface area contributed by atoms with E-state index in [2.05, 4.69) is 4.74 Å². The van der Waals surface area contributed by atoms with E-state index in [1.54, 1.807) is 17.5 Å². The summed E-state index contributed by atoms with van der Waals surface area (Å²) >= 11 is 1.15. The van der Waals surface area contributed by atoms with Crippen molar-refractivity contribution in [3.8, 4) is 0 Å². The minimum absolute atomic E-state index is 0.00704. The third-order valence-corrected chi connectivity index (χ3v) is 5.82. The number of carbonyl (C=O) groups excluding carboxylic acids is 1. The number of esters is 1. The predicted octanol–water partition coefficient (Wildman–Crippen LogP) is 0.311. The Labute approximate surface area is 109 Å². The molecule has 0 saturated carbocycles. The van der Waals surface area contributed by atoms with Gasteiger partial charge in [0.25, 0.3) is 10.0 Å². The molecule has 8 heteroatoms. The molecule has 1 fully saturated rings. The van der Waals surface area contributed by atoms with Gasteiger partial charge in [-0.2, -0.15) is 4.31 Å². The molecule has 2 rings (SSSR count). The molecule has 1 aromatic heterocycles. The van der Waals surface area contributed by atoms with Gasteiger partial charge in [0, 0.05) is 6.54 Å². The van der Waals surface area contributed by atoms with Crippen LogP contribution in [0.1, 0.15) is 0 Å². The number of sulfonamides is 1. The van der Waals surface area contributed by atoms with E-state index in [0.717, 1.165) is 11.3 Å². The lowest BCUT2D eigenvalue weighted by molar-refractivity contribution is -0.157. The fraction of sp³-hybridized carbons (Fsp3) is 0.500. The van der Waals surface area contributed by atoms with E-state index in [1.165, 1.54) is 11.4 Å². The highest BCUT2D eigenvalue weighted by Gasteiger charge is 2.34. The number of methoxy groups -OCH3 is 1. The molecule has 1 aliphatic heterocycles. The highest BCUT2D eigenvalue weighted by molar-refractivity contribution is 7.91. The number of thiophene rings is 1. The fourth-order valence-corrected chi connectivity index (χ4v) is 4.22. The molecular weight excluding hydrogens is 278 g/mol. The van der Waals surface area contributed by atoms with Gasteiger partial charge in [0.1, 0.15) is 4.21 Å². The zero-order chi connectivity index (χ0) is 13.2. The molecule has 1 aromatic rings. The van der Waals surface area contributed by atoms with Gasteiger partial charge < -0.3 is 9.47 Å². The fourth-order valence-electron chi connectivity index (χ4n) is 1.66. The maximum Gasteiger partial charge on any atom is 0.336 e. The number of nitrogens with zero attached hydrogens (tertiary/aromatic N) is 1. The lowest BCUT2D eigenvalue weighted by Crippen LogP contribution is -2.48. The lowest BCUT2D eigenvalue weighted by Gasteiger charge is -2.30. The van der Waals surface area contributed by atoms with Crippen LogP contribution in [0.4, 0.5) is 0 Å². The Balaban J connectivity index is 2.17. The molecule has 0 spiro atoms. The average Bonchev–Trinajstić information content (AvgIpc) is 2.92. The number of rotatable bonds is 3. The molecule has 1 unspecified atom stereocenters. The standard InChI is InChI=1S/C10H13NO5S2/c1-15-10(12)8-7-11(4-5-16-8)18(13,14)9-3-2-6-17-9/h2-3,6,8H,4-5,7H2,1H3. The average molecular weight is 291 g/mol. The van der Waals surface area contributed by atoms with E-state index in [-0.39, 0.29) is 23.9 Å². The summed E-state index contributed by atoms with van der Waals surface area (Å²) in [7, 11) is -2.28. The molecule has 1 atom stereocenters. The number of hydrogen-bond donors (Lipinski definition) is 0. The molecule has 0 bridgehead atoms. The van der Waals surface area contributed by atoms with Gasteiger partial charge in [0.15, 0.2) is 6.10 Å². The van der Waals surface area contributed by atoms with Gasteiger partial charge in [-0.15, -0.1) is 11.3 Å². The Morgan fingerprint density at radius 1 is 1.61 bits per heavy atom. The monoisotopic (exact) mass is 291 g/mol. The normalized spacial score (nSPS) is 21.7. The highest BCUT2D eigenvalue weighted by atomic mass is 32.2. The summed E-state index contributed by atoms with van der Waals surface area (Å²) in [6.07, 6.45) is -0.849. The largest absolute Gasteiger partial charge is 0.467 e. The van der Waals surface area contributed by atoms with Crippen LogP contribution < -0.4 is 0 Å². The van der Waals surface area contributed by atoms with Crippen molar-refractivity contribution in [3.05, 3.63) is 17.5 Å². The molecule has 0 amide bonds. The van der Waals surface area contributed by atoms with Gasteiger partial charge in [-0.1, -0.05) is 6.07 Å². The maximum absolute atomic E-state index is 12.2. The van der Waals surface area contributed by atoms with Crippen molar-refractivity contribution in [2.45, 2.75) is 10.3 Å². The Morgan fingerprint density at radius 2 is 2.39 bits per heavy atom. The second kappa shape index (κ2) is 5.35. The summed E-state index contributed by atoms with van der Waals surface area (Å²) in [5.41, 5.74) is 0. The summed E-state index contributed by atoms with van der Waals surface area (Å²) in [4.78, 5) is 11.4. The van der Waals surface area contributed by atoms with Crippen LogP contribution in [0.2, 0.25) is 0 Å². The Morgan fingerprint density at radius 3 is 3.00 bits per heavy atom. The summed E-state index contributed by atoms with van der Waals surface area (Å²) in [6, 6.07) is 3.22. The molecule has 1 saturated heterocycles. The van der Waals surface area contributed by atoms with Crippen LogP contribution in [0.5, 0.6) is 0 Å². The minimum atomic E-state index is -3.53. The van der Waals surface area contributed by atoms with Gasteiger partial charge >= 0.3 is 5.97 Å². The molecular formula is C10H13NO5S2. The second-order valence-electron chi connectivity index (χ2n) is 3.68.